The second-order valence-corrected chi connectivity index (χ2v) is 6.42. The smallest absolute Gasteiger partial charge is 0.383 e. The van der Waals surface area contributed by atoms with Crippen molar-refractivity contribution in [3.05, 3.63) is 17.5 Å². The molecule has 6 nitrogen and oxygen atoms in total. The van der Waals surface area contributed by atoms with Crippen LogP contribution < -0.4 is 4.83 Å². The van der Waals surface area contributed by atoms with Gasteiger partial charge in [-0.05, 0) is 11.4 Å². The van der Waals surface area contributed by atoms with Gasteiger partial charge in [-0.25, -0.2) is 13.2 Å². The van der Waals surface area contributed by atoms with E-state index in [9.17, 15) is 13.2 Å². The minimum absolute atomic E-state index is 0.202. The Hall–Kier alpha value is -0.610. The van der Waals surface area contributed by atoms with E-state index in [1.807, 2.05) is 0 Å². The average molecular weight is 282 g/mol. The molecule has 1 aromatic rings. The van der Waals surface area contributed by atoms with Gasteiger partial charge in [-0.1, -0.05) is 6.07 Å². The predicted molar refractivity (Wildman–Crippen MR) is 62.4 cm³/mol. The molecule has 9 heteroatoms. The van der Waals surface area contributed by atoms with E-state index in [1.54, 1.807) is 11.4 Å². The summed E-state index contributed by atoms with van der Waals surface area (Å²) in [4.78, 5) is 13.1. The fourth-order valence-electron chi connectivity index (χ4n) is 0.737. The molecule has 1 N–H and O–H groups in total. The number of methoxy groups -OCH3 is 1. The van der Waals surface area contributed by atoms with E-state index in [4.69, 9.17) is 0 Å². The first kappa shape index (κ1) is 13.5. The molecule has 0 radical (unpaired) electrons. The summed E-state index contributed by atoms with van der Waals surface area (Å²) in [5.74, 6) is 0. The van der Waals surface area contributed by atoms with Crippen LogP contribution in [0.2, 0.25) is 0 Å². The Balaban J connectivity index is 2.67. The summed E-state index contributed by atoms with van der Waals surface area (Å²) in [5, 5.41) is 1.04. The summed E-state index contributed by atoms with van der Waals surface area (Å²) in [6, 6.07) is 3.12. The number of carbonyl (C=O) groups excluding carboxylic acids is 1. The summed E-state index contributed by atoms with van der Waals surface area (Å²) in [7, 11) is -1.06. The van der Waals surface area contributed by atoms with E-state index < -0.39 is 15.3 Å². The van der Waals surface area contributed by atoms with Crippen LogP contribution in [0, 0.1) is 0 Å². The Kier molecular flexibility index (Phi) is 4.74. The summed E-state index contributed by atoms with van der Waals surface area (Å²) >= 11 is 1.65. The van der Waals surface area contributed by atoms with Crippen LogP contribution in [-0.2, 0) is 14.8 Å². The van der Waals surface area contributed by atoms with Crippen molar-refractivity contribution in [1.82, 2.24) is 9.25 Å². The number of nitrogens with zero attached hydrogens (tertiary/aromatic N) is 1. The lowest BCUT2D eigenvalue weighted by atomic mass is 10.7. The topological polar surface area (TPSA) is 75.7 Å². The number of hydrogen-bond donors (Lipinski definition) is 1. The van der Waals surface area contributed by atoms with E-state index in [-0.39, 0.29) is 4.21 Å². The summed E-state index contributed by atoms with van der Waals surface area (Å²) < 4.78 is 29.0. The number of hydrazine groups is 1. The minimum atomic E-state index is -3.59. The molecule has 0 amide bonds. The maximum absolute atomic E-state index is 11.8. The molecule has 0 saturated heterocycles. The number of sulfonamides is 1. The highest BCUT2D eigenvalue weighted by atomic mass is 32.2. The third-order valence-corrected chi connectivity index (χ3v) is 5.39. The van der Waals surface area contributed by atoms with Gasteiger partial charge >= 0.3 is 5.30 Å². The molecule has 1 rings (SSSR count). The molecule has 0 aliphatic rings. The van der Waals surface area contributed by atoms with Crippen molar-refractivity contribution in [3.8, 4) is 0 Å². The van der Waals surface area contributed by atoms with Gasteiger partial charge in [-0.2, -0.15) is 4.83 Å². The highest BCUT2D eigenvalue weighted by Crippen LogP contribution is 2.19. The van der Waals surface area contributed by atoms with E-state index >= 15 is 0 Å². The first-order chi connectivity index (χ1) is 7.48. The van der Waals surface area contributed by atoms with Crippen molar-refractivity contribution in [1.29, 1.82) is 0 Å². The molecule has 90 valence electrons. The lowest BCUT2D eigenvalue weighted by molar-refractivity contribution is 0.200. The highest BCUT2D eigenvalue weighted by molar-refractivity contribution is 8.11. The average Bonchev–Trinajstić information content (AvgIpc) is 2.78. The Bertz CT molecular complexity index is 442. The van der Waals surface area contributed by atoms with Crippen molar-refractivity contribution < 1.29 is 17.9 Å². The quantitative estimate of drug-likeness (QED) is 0.509. The van der Waals surface area contributed by atoms with Gasteiger partial charge in [-0.15, -0.1) is 15.8 Å². The van der Waals surface area contributed by atoms with Gasteiger partial charge in [0.25, 0.3) is 10.0 Å². The number of carbonyl (C=O) groups is 1. The lowest BCUT2D eigenvalue weighted by Crippen LogP contribution is -2.35. The van der Waals surface area contributed by atoms with Crippen LogP contribution in [0.3, 0.4) is 0 Å². The van der Waals surface area contributed by atoms with Crippen LogP contribution in [0.25, 0.3) is 0 Å². The Morgan fingerprint density at radius 3 is 2.81 bits per heavy atom. The van der Waals surface area contributed by atoms with E-state index in [0.29, 0.717) is 11.9 Å². The Labute approximate surface area is 102 Å². The third-order valence-electron chi connectivity index (χ3n) is 1.53. The van der Waals surface area contributed by atoms with Crippen molar-refractivity contribution >= 4 is 38.6 Å². The maximum atomic E-state index is 11.8. The van der Waals surface area contributed by atoms with Gasteiger partial charge in [0.1, 0.15) is 4.21 Å². The number of hydrogen-bond acceptors (Lipinski definition) is 7. The van der Waals surface area contributed by atoms with Crippen LogP contribution in [0.15, 0.2) is 21.7 Å². The molecule has 0 spiro atoms. The molecular weight excluding hydrogens is 272 g/mol. The summed E-state index contributed by atoms with van der Waals surface area (Å²) in [5.41, 5.74) is 0. The maximum Gasteiger partial charge on any atom is 0.383 e. The molecule has 0 aliphatic heterocycles. The molecule has 0 bridgehead atoms. The van der Waals surface area contributed by atoms with Gasteiger partial charge in [0.2, 0.25) is 0 Å². The van der Waals surface area contributed by atoms with Crippen molar-refractivity contribution in [3.63, 3.8) is 0 Å². The zero-order valence-corrected chi connectivity index (χ0v) is 11.0. The molecule has 0 unspecified atom stereocenters. The fraction of sp³-hybridized carbons (Fsp3) is 0.286. The highest BCUT2D eigenvalue weighted by Gasteiger charge is 2.22. The van der Waals surface area contributed by atoms with Crippen molar-refractivity contribution in [2.45, 2.75) is 4.21 Å². The van der Waals surface area contributed by atoms with Gasteiger partial charge in [0.05, 0.1) is 19.1 Å². The number of nitrogens with one attached hydrogen (secondary N) is 1. The Morgan fingerprint density at radius 2 is 2.31 bits per heavy atom. The predicted octanol–water partition coefficient (Wildman–Crippen LogP) is 1.29. The molecule has 16 heavy (non-hydrogen) atoms. The molecule has 0 saturated carbocycles. The largest absolute Gasteiger partial charge is 0.460 e. The van der Waals surface area contributed by atoms with Crippen LogP contribution in [-0.4, -0.2) is 32.3 Å². The second-order valence-electron chi connectivity index (χ2n) is 2.55. The molecule has 0 atom stereocenters. The van der Waals surface area contributed by atoms with Crippen LogP contribution >= 0.6 is 23.3 Å². The monoisotopic (exact) mass is 282 g/mol. The minimum Gasteiger partial charge on any atom is -0.460 e. The molecular formula is C7H10N2O4S3. The Morgan fingerprint density at radius 1 is 1.62 bits per heavy atom. The fourth-order valence-corrected chi connectivity index (χ4v) is 3.49. The third kappa shape index (κ3) is 3.19. The lowest BCUT2D eigenvalue weighted by Gasteiger charge is -2.15. The first-order valence-electron chi connectivity index (χ1n) is 4.01. The summed E-state index contributed by atoms with van der Waals surface area (Å²) in [6.45, 7) is 0. The molecule has 0 aromatic carbocycles. The number of ether oxygens (including phenoxy) is 1. The van der Waals surface area contributed by atoms with Crippen molar-refractivity contribution in [2.75, 3.05) is 14.2 Å². The summed E-state index contributed by atoms with van der Waals surface area (Å²) in [6.07, 6.45) is 0. The zero-order valence-electron chi connectivity index (χ0n) is 8.54. The first-order valence-corrected chi connectivity index (χ1v) is 7.15. The zero-order chi connectivity index (χ0) is 12.2. The van der Waals surface area contributed by atoms with Gasteiger partial charge in [0.15, 0.2) is 0 Å². The molecule has 1 heterocycles. The standard InChI is InChI=1S/C7H10N2O4S3/c1-9(8-15-7(10)13-2)16(11,12)6-4-3-5-14-6/h3-5,8H,1-2H3. The van der Waals surface area contributed by atoms with Gasteiger partial charge in [-0.3, -0.25) is 0 Å². The van der Waals surface area contributed by atoms with Gasteiger partial charge < -0.3 is 4.74 Å². The number of thiophene rings is 1. The van der Waals surface area contributed by atoms with Gasteiger partial charge in [0, 0.05) is 7.05 Å². The molecule has 0 fully saturated rings. The van der Waals surface area contributed by atoms with E-state index in [1.165, 1.54) is 20.2 Å². The van der Waals surface area contributed by atoms with Crippen LogP contribution in [0.5, 0.6) is 0 Å². The normalized spacial score (nSPS) is 11.7. The molecule has 1 aromatic heterocycles. The van der Waals surface area contributed by atoms with E-state index in [0.717, 1.165) is 15.8 Å². The van der Waals surface area contributed by atoms with E-state index in [2.05, 4.69) is 9.57 Å². The SMILES string of the molecule is COC(=O)SNN(C)S(=O)(=O)c1cccs1. The molecule has 0 aliphatic carbocycles. The van der Waals surface area contributed by atoms with Crippen LogP contribution in [0.4, 0.5) is 4.79 Å². The second kappa shape index (κ2) is 5.64. The number of rotatable bonds is 4. The van der Waals surface area contributed by atoms with Crippen molar-refractivity contribution in [2.24, 2.45) is 0 Å². The van der Waals surface area contributed by atoms with Crippen LogP contribution in [0.1, 0.15) is 0 Å².